The summed E-state index contributed by atoms with van der Waals surface area (Å²) >= 11 is 1.79. The Hall–Kier alpha value is -3.06. The zero-order chi connectivity index (χ0) is 21.1. The van der Waals surface area contributed by atoms with E-state index in [0.717, 1.165) is 33.7 Å². The highest BCUT2D eigenvalue weighted by Gasteiger charge is 2.15. The van der Waals surface area contributed by atoms with Gasteiger partial charge in [0, 0.05) is 23.4 Å². The van der Waals surface area contributed by atoms with Crippen molar-refractivity contribution >= 4 is 28.9 Å². The highest BCUT2D eigenvalue weighted by atomic mass is 32.1. The van der Waals surface area contributed by atoms with E-state index < -0.39 is 0 Å². The number of amidine groups is 1. The van der Waals surface area contributed by atoms with Crippen molar-refractivity contribution < 1.29 is 4.79 Å². The number of aliphatic imine (C=N–C) groups is 1. The van der Waals surface area contributed by atoms with E-state index in [-0.39, 0.29) is 5.91 Å². The zero-order valence-corrected chi connectivity index (χ0v) is 18.1. The molecule has 154 valence electrons. The third kappa shape index (κ3) is 4.57. The lowest BCUT2D eigenvalue weighted by molar-refractivity contribution is -0.114. The minimum atomic E-state index is -0.159. The van der Waals surface area contributed by atoms with E-state index >= 15 is 0 Å². The van der Waals surface area contributed by atoms with Gasteiger partial charge in [-0.3, -0.25) is 9.79 Å². The van der Waals surface area contributed by atoms with Crippen LogP contribution in [0.5, 0.6) is 0 Å². The molecule has 7 heteroatoms. The zero-order valence-electron chi connectivity index (χ0n) is 17.2. The predicted molar refractivity (Wildman–Crippen MR) is 122 cm³/mol. The van der Waals surface area contributed by atoms with Crippen molar-refractivity contribution in [2.45, 2.75) is 46.1 Å². The van der Waals surface area contributed by atoms with E-state index in [1.54, 1.807) is 17.4 Å². The van der Waals surface area contributed by atoms with Crippen LogP contribution in [0.1, 0.15) is 46.2 Å². The van der Waals surface area contributed by atoms with E-state index in [9.17, 15) is 4.79 Å². The average Bonchev–Trinajstić information content (AvgIpc) is 3.17. The van der Waals surface area contributed by atoms with Crippen LogP contribution >= 0.6 is 11.3 Å². The maximum Gasteiger partial charge on any atom is 0.222 e. The number of fused-ring (bicyclic) bond motifs is 1. The minimum Gasteiger partial charge on any atom is -0.383 e. The number of nitrogens with zero attached hydrogens (tertiary/aromatic N) is 3. The van der Waals surface area contributed by atoms with Crippen molar-refractivity contribution in [2.75, 3.05) is 5.32 Å². The number of aryl methyl sites for hydroxylation is 3. The van der Waals surface area contributed by atoms with Gasteiger partial charge in [-0.2, -0.15) is 0 Å². The Morgan fingerprint density at radius 1 is 1.20 bits per heavy atom. The monoisotopic (exact) mass is 419 g/mol. The van der Waals surface area contributed by atoms with Gasteiger partial charge in [0.05, 0.1) is 17.1 Å². The Balaban J connectivity index is 1.50. The lowest BCUT2D eigenvalue weighted by Gasteiger charge is -2.08. The summed E-state index contributed by atoms with van der Waals surface area (Å²) in [4.78, 5) is 26.9. The summed E-state index contributed by atoms with van der Waals surface area (Å²) in [5, 5.41) is 2.69. The Morgan fingerprint density at radius 2 is 2.03 bits per heavy atom. The molecule has 0 bridgehead atoms. The third-order valence-corrected chi connectivity index (χ3v) is 6.54. The number of benzene rings is 1. The number of carbonyl (C=O) groups is 1. The van der Waals surface area contributed by atoms with Crippen molar-refractivity contribution in [3.8, 4) is 11.3 Å². The van der Waals surface area contributed by atoms with Gasteiger partial charge in [-0.05, 0) is 61.4 Å². The maximum atomic E-state index is 11.3. The molecule has 1 aliphatic rings. The lowest BCUT2D eigenvalue weighted by atomic mass is 9.99. The second-order valence-electron chi connectivity index (χ2n) is 7.58. The summed E-state index contributed by atoms with van der Waals surface area (Å²) in [7, 11) is 0. The molecule has 0 atom stereocenters. The maximum absolute atomic E-state index is 11.3. The van der Waals surface area contributed by atoms with Gasteiger partial charge in [0.25, 0.3) is 0 Å². The van der Waals surface area contributed by atoms with E-state index in [4.69, 9.17) is 5.73 Å². The van der Waals surface area contributed by atoms with Gasteiger partial charge < -0.3 is 11.1 Å². The number of amides is 1. The molecule has 0 unspecified atom stereocenters. The normalized spacial score (nSPS) is 13.7. The number of nitrogens with one attached hydrogen (secondary N) is 1. The molecule has 0 spiro atoms. The molecule has 0 aliphatic heterocycles. The Morgan fingerprint density at radius 3 is 2.80 bits per heavy atom. The molecular weight excluding hydrogens is 394 g/mol. The molecular formula is C23H25N5OS. The number of anilines is 1. The first-order chi connectivity index (χ1) is 14.5. The quantitative estimate of drug-likeness (QED) is 0.477. The summed E-state index contributed by atoms with van der Waals surface area (Å²) < 4.78 is 0. The van der Waals surface area contributed by atoms with Crippen molar-refractivity contribution in [3.05, 3.63) is 63.1 Å². The first-order valence-corrected chi connectivity index (χ1v) is 10.9. The highest BCUT2D eigenvalue weighted by molar-refractivity contribution is 7.14. The van der Waals surface area contributed by atoms with Gasteiger partial charge in [0.1, 0.15) is 18.0 Å². The minimum absolute atomic E-state index is 0.159. The van der Waals surface area contributed by atoms with Crippen LogP contribution in [0, 0.1) is 6.92 Å². The number of hydrogen-bond acceptors (Lipinski definition) is 5. The molecule has 6 nitrogen and oxygen atoms in total. The Bertz CT molecular complexity index is 1100. The number of rotatable bonds is 5. The lowest BCUT2D eigenvalue weighted by Crippen LogP contribution is -2.12. The number of nitrogens with two attached hydrogens (primary N) is 1. The smallest absolute Gasteiger partial charge is 0.222 e. The van der Waals surface area contributed by atoms with Crippen molar-refractivity contribution in [1.29, 1.82) is 0 Å². The fourth-order valence-corrected chi connectivity index (χ4v) is 4.84. The van der Waals surface area contributed by atoms with Gasteiger partial charge >= 0.3 is 0 Å². The van der Waals surface area contributed by atoms with E-state index in [2.05, 4.69) is 45.4 Å². The first-order valence-electron chi connectivity index (χ1n) is 10.1. The molecule has 1 aliphatic carbocycles. The SMILES string of the molecule is CC(=O)Nc1cc(-c2ccc(CN=C(N)c3cc4c(s3)CCCC4)c(C)c2)ncn1. The number of thiophene rings is 1. The molecule has 0 saturated heterocycles. The van der Waals surface area contributed by atoms with Crippen LogP contribution < -0.4 is 11.1 Å². The molecule has 0 radical (unpaired) electrons. The second-order valence-corrected chi connectivity index (χ2v) is 8.72. The molecule has 1 aromatic carbocycles. The average molecular weight is 420 g/mol. The standard InChI is InChI=1S/C23H25N5OS/c1-14-9-16(19-11-22(27-13-26-19)28-15(2)29)7-8-18(14)12-25-23(24)21-10-17-5-3-4-6-20(17)30-21/h7-11,13H,3-6,12H2,1-2H3,(H2,24,25)(H,26,27,28,29). The van der Waals surface area contributed by atoms with Crippen molar-refractivity contribution in [3.63, 3.8) is 0 Å². The van der Waals surface area contributed by atoms with Crippen molar-refractivity contribution in [1.82, 2.24) is 9.97 Å². The van der Waals surface area contributed by atoms with E-state index in [1.165, 1.54) is 43.0 Å². The van der Waals surface area contributed by atoms with Gasteiger partial charge in [-0.1, -0.05) is 12.1 Å². The molecule has 30 heavy (non-hydrogen) atoms. The van der Waals surface area contributed by atoms with Crippen LogP contribution in [-0.4, -0.2) is 21.7 Å². The molecule has 4 rings (SSSR count). The predicted octanol–water partition coefficient (Wildman–Crippen LogP) is 4.26. The second kappa shape index (κ2) is 8.75. The van der Waals surface area contributed by atoms with Crippen LogP contribution in [-0.2, 0) is 24.2 Å². The Kier molecular flexibility index (Phi) is 5.90. The van der Waals surface area contributed by atoms with Crippen molar-refractivity contribution in [2.24, 2.45) is 10.7 Å². The molecule has 3 N–H and O–H groups in total. The highest BCUT2D eigenvalue weighted by Crippen LogP contribution is 2.29. The number of hydrogen-bond donors (Lipinski definition) is 2. The summed E-state index contributed by atoms with van der Waals surface area (Å²) in [5.41, 5.74) is 11.7. The van der Waals surface area contributed by atoms with Gasteiger partial charge in [0.15, 0.2) is 0 Å². The summed E-state index contributed by atoms with van der Waals surface area (Å²) in [5.74, 6) is 0.951. The van der Waals surface area contributed by atoms with E-state index in [1.807, 2.05) is 6.07 Å². The topological polar surface area (TPSA) is 93.3 Å². The number of carbonyl (C=O) groups excluding carboxylic acids is 1. The Labute approximate surface area is 180 Å². The third-order valence-electron chi connectivity index (χ3n) is 5.28. The fourth-order valence-electron chi connectivity index (χ4n) is 3.66. The van der Waals surface area contributed by atoms with Crippen LogP contribution in [0.15, 0.2) is 41.7 Å². The first kappa shape index (κ1) is 20.2. The van der Waals surface area contributed by atoms with Gasteiger partial charge in [-0.25, -0.2) is 9.97 Å². The van der Waals surface area contributed by atoms with Gasteiger partial charge in [0.2, 0.25) is 5.91 Å². The van der Waals surface area contributed by atoms with Crippen LogP contribution in [0.25, 0.3) is 11.3 Å². The molecule has 0 saturated carbocycles. The van der Waals surface area contributed by atoms with Gasteiger partial charge in [-0.15, -0.1) is 11.3 Å². The number of aromatic nitrogens is 2. The fraction of sp³-hybridized carbons (Fsp3) is 0.304. The van der Waals surface area contributed by atoms with Crippen LogP contribution in [0.2, 0.25) is 0 Å². The molecule has 2 heterocycles. The largest absolute Gasteiger partial charge is 0.383 e. The summed E-state index contributed by atoms with van der Waals surface area (Å²) in [6.07, 6.45) is 6.32. The molecule has 3 aromatic rings. The molecule has 0 fully saturated rings. The van der Waals surface area contributed by atoms with Crippen LogP contribution in [0.4, 0.5) is 5.82 Å². The summed E-state index contributed by atoms with van der Waals surface area (Å²) in [6.45, 7) is 4.06. The molecule has 2 aromatic heterocycles. The molecule has 1 amide bonds. The van der Waals surface area contributed by atoms with E-state index in [0.29, 0.717) is 18.2 Å². The summed E-state index contributed by atoms with van der Waals surface area (Å²) in [6, 6.07) is 10.1. The van der Waals surface area contributed by atoms with Crippen LogP contribution in [0.3, 0.4) is 0 Å².